The molecule has 18 heavy (non-hydrogen) atoms. The summed E-state index contributed by atoms with van der Waals surface area (Å²) >= 11 is 0. The molecule has 0 bridgehead atoms. The van der Waals surface area contributed by atoms with Crippen molar-refractivity contribution in [2.24, 2.45) is 0 Å². The Morgan fingerprint density at radius 2 is 1.83 bits per heavy atom. The van der Waals surface area contributed by atoms with Crippen molar-refractivity contribution in [2.45, 2.75) is 38.6 Å². The van der Waals surface area contributed by atoms with E-state index in [0.29, 0.717) is 6.42 Å². The second-order valence-electron chi connectivity index (χ2n) is 5.07. The molecule has 2 rings (SSSR count). The van der Waals surface area contributed by atoms with Crippen molar-refractivity contribution >= 4 is 5.78 Å². The maximum absolute atomic E-state index is 13.0. The number of rotatable bonds is 4. The van der Waals surface area contributed by atoms with Crippen LogP contribution in [0, 0.1) is 5.82 Å². The van der Waals surface area contributed by atoms with E-state index in [4.69, 9.17) is 0 Å². The maximum Gasteiger partial charge on any atom is 0.131 e. The monoisotopic (exact) mass is 249 g/mol. The van der Waals surface area contributed by atoms with Crippen LogP contribution in [0.25, 0.3) is 0 Å². The molecule has 1 aliphatic rings. The highest BCUT2D eigenvalue weighted by atomic mass is 19.1. The van der Waals surface area contributed by atoms with Gasteiger partial charge in [-0.1, -0.05) is 18.6 Å². The number of piperidine rings is 1. The van der Waals surface area contributed by atoms with Gasteiger partial charge in [-0.15, -0.1) is 0 Å². The summed E-state index contributed by atoms with van der Waals surface area (Å²) in [5, 5.41) is 0. The molecule has 1 atom stereocenters. The standard InChI is InChI=1S/C15H20FNO/c1-12(18)11-15(17-9-3-2-4-10-17)13-5-7-14(16)8-6-13/h5-8,15H,2-4,9-11H2,1H3. The number of Topliss-reactive ketones (excluding diaryl/α,β-unsaturated/α-hetero) is 1. The Labute approximate surface area is 108 Å². The Morgan fingerprint density at radius 1 is 1.22 bits per heavy atom. The van der Waals surface area contributed by atoms with Crippen LogP contribution in [0.5, 0.6) is 0 Å². The van der Waals surface area contributed by atoms with Crippen molar-refractivity contribution < 1.29 is 9.18 Å². The van der Waals surface area contributed by atoms with Gasteiger partial charge in [-0.2, -0.15) is 0 Å². The maximum atomic E-state index is 13.0. The molecule has 0 saturated carbocycles. The first kappa shape index (κ1) is 13.2. The number of benzene rings is 1. The summed E-state index contributed by atoms with van der Waals surface area (Å²) in [5.41, 5.74) is 1.05. The third-order valence-corrected chi connectivity index (χ3v) is 3.57. The van der Waals surface area contributed by atoms with Crippen molar-refractivity contribution in [1.29, 1.82) is 0 Å². The Kier molecular flexibility index (Phi) is 4.48. The van der Waals surface area contributed by atoms with Crippen molar-refractivity contribution in [3.05, 3.63) is 35.6 Å². The number of carbonyl (C=O) groups excluding carboxylic acids is 1. The number of likely N-dealkylation sites (tertiary alicyclic amines) is 1. The van der Waals surface area contributed by atoms with Gasteiger partial charge in [0, 0.05) is 12.5 Å². The predicted octanol–water partition coefficient (Wildman–Crippen LogP) is 3.33. The molecule has 0 aliphatic carbocycles. The molecule has 98 valence electrons. The van der Waals surface area contributed by atoms with E-state index in [2.05, 4.69) is 4.90 Å². The zero-order valence-electron chi connectivity index (χ0n) is 10.9. The van der Waals surface area contributed by atoms with Gasteiger partial charge in [-0.05, 0) is 50.6 Å². The van der Waals surface area contributed by atoms with E-state index in [0.717, 1.165) is 18.7 Å². The van der Waals surface area contributed by atoms with E-state index in [1.165, 1.54) is 31.4 Å². The van der Waals surface area contributed by atoms with E-state index in [1.54, 1.807) is 19.1 Å². The van der Waals surface area contributed by atoms with Crippen LogP contribution >= 0.6 is 0 Å². The Bertz CT molecular complexity index is 395. The molecule has 1 aromatic carbocycles. The SMILES string of the molecule is CC(=O)CC(c1ccc(F)cc1)N1CCCCC1. The van der Waals surface area contributed by atoms with Gasteiger partial charge in [0.15, 0.2) is 0 Å². The molecule has 0 aromatic heterocycles. The first-order valence-electron chi connectivity index (χ1n) is 6.66. The van der Waals surface area contributed by atoms with Gasteiger partial charge in [0.1, 0.15) is 11.6 Å². The molecule has 2 nitrogen and oxygen atoms in total. The van der Waals surface area contributed by atoms with Gasteiger partial charge in [-0.3, -0.25) is 9.69 Å². The van der Waals surface area contributed by atoms with Gasteiger partial charge in [-0.25, -0.2) is 4.39 Å². The Morgan fingerprint density at radius 3 is 2.39 bits per heavy atom. The van der Waals surface area contributed by atoms with Gasteiger partial charge in [0.05, 0.1) is 0 Å². The first-order valence-corrected chi connectivity index (χ1v) is 6.66. The Hall–Kier alpha value is -1.22. The molecule has 1 fully saturated rings. The normalized spacial score (nSPS) is 18.6. The minimum Gasteiger partial charge on any atom is -0.300 e. The van der Waals surface area contributed by atoms with Crippen LogP contribution < -0.4 is 0 Å². The van der Waals surface area contributed by atoms with Crippen molar-refractivity contribution in [3.63, 3.8) is 0 Å². The average Bonchev–Trinajstić information content (AvgIpc) is 2.38. The van der Waals surface area contributed by atoms with Crippen molar-refractivity contribution in [2.75, 3.05) is 13.1 Å². The van der Waals surface area contributed by atoms with E-state index in [9.17, 15) is 9.18 Å². The Balaban J connectivity index is 2.17. The van der Waals surface area contributed by atoms with E-state index >= 15 is 0 Å². The highest BCUT2D eigenvalue weighted by Crippen LogP contribution is 2.27. The second kappa shape index (κ2) is 6.10. The fraction of sp³-hybridized carbons (Fsp3) is 0.533. The van der Waals surface area contributed by atoms with Crippen molar-refractivity contribution in [3.8, 4) is 0 Å². The van der Waals surface area contributed by atoms with Gasteiger partial charge < -0.3 is 0 Å². The van der Waals surface area contributed by atoms with Gasteiger partial charge >= 0.3 is 0 Å². The van der Waals surface area contributed by atoms with E-state index in [-0.39, 0.29) is 17.6 Å². The van der Waals surface area contributed by atoms with Crippen LogP contribution in [-0.4, -0.2) is 23.8 Å². The summed E-state index contributed by atoms with van der Waals surface area (Å²) in [6.07, 6.45) is 4.17. The summed E-state index contributed by atoms with van der Waals surface area (Å²) < 4.78 is 13.0. The molecule has 1 heterocycles. The quantitative estimate of drug-likeness (QED) is 0.815. The summed E-state index contributed by atoms with van der Waals surface area (Å²) in [4.78, 5) is 13.8. The first-order chi connectivity index (χ1) is 8.66. The summed E-state index contributed by atoms with van der Waals surface area (Å²) in [7, 11) is 0. The number of nitrogens with zero attached hydrogens (tertiary/aromatic N) is 1. The second-order valence-corrected chi connectivity index (χ2v) is 5.07. The number of ketones is 1. The zero-order chi connectivity index (χ0) is 13.0. The van der Waals surface area contributed by atoms with Crippen molar-refractivity contribution in [1.82, 2.24) is 4.90 Å². The average molecular weight is 249 g/mol. The lowest BCUT2D eigenvalue weighted by Gasteiger charge is -2.34. The number of halogens is 1. The minimum absolute atomic E-state index is 0.114. The minimum atomic E-state index is -0.223. The molecule has 0 N–H and O–H groups in total. The van der Waals surface area contributed by atoms with Crippen LogP contribution in [-0.2, 0) is 4.79 Å². The van der Waals surface area contributed by atoms with E-state index < -0.39 is 0 Å². The topological polar surface area (TPSA) is 20.3 Å². The van der Waals surface area contributed by atoms with Crippen LogP contribution in [0.4, 0.5) is 4.39 Å². The number of hydrogen-bond acceptors (Lipinski definition) is 2. The molecule has 1 aliphatic heterocycles. The molecule has 1 unspecified atom stereocenters. The summed E-state index contributed by atoms with van der Waals surface area (Å²) in [5.74, 6) is -0.0335. The molecule has 1 saturated heterocycles. The molecular formula is C15H20FNO. The smallest absolute Gasteiger partial charge is 0.131 e. The molecule has 0 amide bonds. The van der Waals surface area contributed by atoms with E-state index in [1.807, 2.05) is 0 Å². The van der Waals surface area contributed by atoms with Crippen LogP contribution in [0.3, 0.4) is 0 Å². The molecule has 3 heteroatoms. The number of carbonyl (C=O) groups is 1. The van der Waals surface area contributed by atoms with Gasteiger partial charge in [0.25, 0.3) is 0 Å². The lowest BCUT2D eigenvalue weighted by Crippen LogP contribution is -2.34. The molecule has 1 aromatic rings. The zero-order valence-corrected chi connectivity index (χ0v) is 10.9. The lowest BCUT2D eigenvalue weighted by molar-refractivity contribution is -0.118. The van der Waals surface area contributed by atoms with Crippen LogP contribution in [0.1, 0.15) is 44.2 Å². The lowest BCUT2D eigenvalue weighted by atomic mass is 9.97. The fourth-order valence-electron chi connectivity index (χ4n) is 2.65. The highest BCUT2D eigenvalue weighted by molar-refractivity contribution is 5.76. The van der Waals surface area contributed by atoms with Crippen LogP contribution in [0.2, 0.25) is 0 Å². The summed E-state index contributed by atoms with van der Waals surface area (Å²) in [6, 6.07) is 6.68. The molecule has 0 radical (unpaired) electrons. The predicted molar refractivity (Wildman–Crippen MR) is 69.9 cm³/mol. The molecular weight excluding hydrogens is 229 g/mol. The largest absolute Gasteiger partial charge is 0.300 e. The third-order valence-electron chi connectivity index (χ3n) is 3.57. The fourth-order valence-corrected chi connectivity index (χ4v) is 2.65. The third kappa shape index (κ3) is 3.39. The van der Waals surface area contributed by atoms with Crippen LogP contribution in [0.15, 0.2) is 24.3 Å². The number of hydrogen-bond donors (Lipinski definition) is 0. The highest BCUT2D eigenvalue weighted by Gasteiger charge is 2.23. The summed E-state index contributed by atoms with van der Waals surface area (Å²) in [6.45, 7) is 3.70. The van der Waals surface area contributed by atoms with Gasteiger partial charge in [0.2, 0.25) is 0 Å². The molecule has 0 spiro atoms.